The van der Waals surface area contributed by atoms with Crippen LogP contribution in [0.2, 0.25) is 0 Å². The summed E-state index contributed by atoms with van der Waals surface area (Å²) in [7, 11) is 1.94. The number of carbonyl (C=O) groups excluding carboxylic acids is 1. The molecule has 0 bridgehead atoms. The predicted molar refractivity (Wildman–Crippen MR) is 91.5 cm³/mol. The summed E-state index contributed by atoms with van der Waals surface area (Å²) in [6, 6.07) is 0.384. The van der Waals surface area contributed by atoms with Crippen LogP contribution in [0, 0.1) is 0 Å². The highest BCUT2D eigenvalue weighted by Crippen LogP contribution is 2.33. The number of aromatic nitrogens is 2. The zero-order chi connectivity index (χ0) is 16.2. The highest BCUT2D eigenvalue weighted by atomic mass is 32.2. The molecule has 2 fully saturated rings. The first kappa shape index (κ1) is 16.8. The Balaban J connectivity index is 1.50. The van der Waals surface area contributed by atoms with Crippen LogP contribution in [0.4, 0.5) is 0 Å². The summed E-state index contributed by atoms with van der Waals surface area (Å²) < 4.78 is 5.34. The third-order valence-electron chi connectivity index (χ3n) is 5.37. The molecule has 1 heterocycles. The van der Waals surface area contributed by atoms with E-state index in [1.54, 1.807) is 0 Å². The number of rotatable bonds is 6. The largest absolute Gasteiger partial charge is 0.342 e. The van der Waals surface area contributed by atoms with Crippen molar-refractivity contribution in [2.75, 3.05) is 13.3 Å². The van der Waals surface area contributed by atoms with Crippen molar-refractivity contribution in [3.63, 3.8) is 0 Å². The lowest BCUT2D eigenvalue weighted by molar-refractivity contribution is -0.131. The summed E-state index contributed by atoms with van der Waals surface area (Å²) >= 11 is 1.88. The second-order valence-electron chi connectivity index (χ2n) is 6.80. The molecule has 0 saturated heterocycles. The van der Waals surface area contributed by atoms with E-state index in [1.807, 2.05) is 23.7 Å². The summed E-state index contributed by atoms with van der Waals surface area (Å²) in [4.78, 5) is 18.9. The lowest BCUT2D eigenvalue weighted by Gasteiger charge is -2.28. The summed E-state index contributed by atoms with van der Waals surface area (Å²) in [5.41, 5.74) is 0. The highest BCUT2D eigenvalue weighted by molar-refractivity contribution is 7.99. The van der Waals surface area contributed by atoms with Gasteiger partial charge in [-0.3, -0.25) is 4.79 Å². The van der Waals surface area contributed by atoms with E-state index < -0.39 is 0 Å². The van der Waals surface area contributed by atoms with Crippen LogP contribution in [-0.2, 0) is 11.2 Å². The second-order valence-corrected chi connectivity index (χ2v) is 7.88. The first-order valence-corrected chi connectivity index (χ1v) is 10.1. The number of carbonyl (C=O) groups is 1. The number of thioether (sulfide) groups is 1. The molecule has 1 amide bonds. The highest BCUT2D eigenvalue weighted by Gasteiger charge is 2.32. The van der Waals surface area contributed by atoms with Gasteiger partial charge >= 0.3 is 0 Å². The van der Waals surface area contributed by atoms with Crippen LogP contribution in [-0.4, -0.2) is 45.5 Å². The number of hydrogen-bond acceptors (Lipinski definition) is 5. The molecule has 0 unspecified atom stereocenters. The fourth-order valence-corrected chi connectivity index (χ4v) is 4.95. The third-order valence-corrected chi connectivity index (χ3v) is 6.52. The Hall–Kier alpha value is -1.04. The summed E-state index contributed by atoms with van der Waals surface area (Å²) in [6.45, 7) is 0. The van der Waals surface area contributed by atoms with Gasteiger partial charge in [-0.2, -0.15) is 16.7 Å². The van der Waals surface area contributed by atoms with Crippen molar-refractivity contribution >= 4 is 17.7 Å². The van der Waals surface area contributed by atoms with Gasteiger partial charge in [0.1, 0.15) is 0 Å². The molecule has 2 saturated carbocycles. The standard InChI is InChI=1S/C17H27N3O2S/c1-20(13-8-5-9-14(13)23-2)16(21)11-10-15-18-17(19-22-15)12-6-3-4-7-12/h12-14H,3-11H2,1-2H3/t13-,14-/m1/s1. The third kappa shape index (κ3) is 3.90. The van der Waals surface area contributed by atoms with Gasteiger partial charge in [-0.15, -0.1) is 0 Å². The van der Waals surface area contributed by atoms with Crippen molar-refractivity contribution in [1.29, 1.82) is 0 Å². The molecule has 128 valence electrons. The van der Waals surface area contributed by atoms with Crippen LogP contribution < -0.4 is 0 Å². The van der Waals surface area contributed by atoms with E-state index in [9.17, 15) is 4.79 Å². The van der Waals surface area contributed by atoms with Crippen molar-refractivity contribution in [2.45, 2.75) is 75.0 Å². The Morgan fingerprint density at radius 3 is 2.78 bits per heavy atom. The van der Waals surface area contributed by atoms with Gasteiger partial charge in [0.15, 0.2) is 5.82 Å². The molecule has 0 radical (unpaired) electrons. The van der Waals surface area contributed by atoms with E-state index in [2.05, 4.69) is 16.4 Å². The fraction of sp³-hybridized carbons (Fsp3) is 0.824. The van der Waals surface area contributed by atoms with Gasteiger partial charge in [0.2, 0.25) is 11.8 Å². The molecule has 1 aromatic rings. The maximum Gasteiger partial charge on any atom is 0.227 e. The minimum Gasteiger partial charge on any atom is -0.342 e. The predicted octanol–water partition coefficient (Wildman–Crippen LogP) is 3.40. The van der Waals surface area contributed by atoms with E-state index in [1.165, 1.54) is 38.5 Å². The Kier molecular flexibility index (Phi) is 5.62. The van der Waals surface area contributed by atoms with Crippen LogP contribution in [0.1, 0.15) is 69.0 Å². The molecule has 6 heteroatoms. The molecule has 0 aliphatic heterocycles. The maximum absolute atomic E-state index is 12.5. The average molecular weight is 337 g/mol. The molecular formula is C17H27N3O2S. The molecule has 3 rings (SSSR count). The van der Waals surface area contributed by atoms with Crippen LogP contribution in [0.25, 0.3) is 0 Å². The average Bonchev–Trinajstić information content (AvgIpc) is 3.32. The van der Waals surface area contributed by atoms with Crippen LogP contribution in [0.15, 0.2) is 4.52 Å². The molecular weight excluding hydrogens is 310 g/mol. The second kappa shape index (κ2) is 7.69. The van der Waals surface area contributed by atoms with E-state index in [-0.39, 0.29) is 5.91 Å². The Morgan fingerprint density at radius 1 is 1.26 bits per heavy atom. The van der Waals surface area contributed by atoms with Gasteiger partial charge in [-0.05, 0) is 31.9 Å². The number of aryl methyl sites for hydroxylation is 1. The minimum absolute atomic E-state index is 0.191. The van der Waals surface area contributed by atoms with Gasteiger partial charge in [0.05, 0.1) is 0 Å². The van der Waals surface area contributed by atoms with Crippen molar-refractivity contribution < 1.29 is 9.32 Å². The maximum atomic E-state index is 12.5. The molecule has 0 aromatic carbocycles. The Labute approximate surface area is 142 Å². The first-order chi connectivity index (χ1) is 11.2. The zero-order valence-electron chi connectivity index (χ0n) is 14.2. The minimum atomic E-state index is 0.191. The first-order valence-electron chi connectivity index (χ1n) is 8.80. The van der Waals surface area contributed by atoms with Crippen LogP contribution in [0.3, 0.4) is 0 Å². The van der Waals surface area contributed by atoms with Gasteiger partial charge in [-0.25, -0.2) is 0 Å². The summed E-state index contributed by atoms with van der Waals surface area (Å²) in [6.07, 6.45) is 11.6. The molecule has 2 aliphatic carbocycles. The SMILES string of the molecule is CS[C@@H]1CCC[C@H]1N(C)C(=O)CCc1nc(C2CCCC2)no1. The number of nitrogens with zero attached hydrogens (tertiary/aromatic N) is 3. The van der Waals surface area contributed by atoms with Crippen molar-refractivity contribution in [2.24, 2.45) is 0 Å². The molecule has 2 aliphatic rings. The lowest BCUT2D eigenvalue weighted by atomic mass is 10.1. The van der Waals surface area contributed by atoms with Crippen LogP contribution in [0.5, 0.6) is 0 Å². The van der Waals surface area contributed by atoms with E-state index in [0.717, 1.165) is 12.2 Å². The summed E-state index contributed by atoms with van der Waals surface area (Å²) in [5, 5.41) is 4.69. The fourth-order valence-electron chi connectivity index (χ4n) is 3.92. The van der Waals surface area contributed by atoms with E-state index in [4.69, 9.17) is 4.52 Å². The van der Waals surface area contributed by atoms with E-state index >= 15 is 0 Å². The number of hydrogen-bond donors (Lipinski definition) is 0. The quantitative estimate of drug-likeness (QED) is 0.796. The van der Waals surface area contributed by atoms with Gasteiger partial charge in [0, 0.05) is 37.1 Å². The van der Waals surface area contributed by atoms with Gasteiger partial charge < -0.3 is 9.42 Å². The number of amides is 1. The molecule has 1 aromatic heterocycles. The summed E-state index contributed by atoms with van der Waals surface area (Å²) in [5.74, 6) is 2.11. The van der Waals surface area contributed by atoms with Crippen molar-refractivity contribution in [1.82, 2.24) is 15.0 Å². The van der Waals surface area contributed by atoms with E-state index in [0.29, 0.717) is 35.9 Å². The molecule has 0 spiro atoms. The Morgan fingerprint density at radius 2 is 2.04 bits per heavy atom. The monoisotopic (exact) mass is 337 g/mol. The molecule has 23 heavy (non-hydrogen) atoms. The van der Waals surface area contributed by atoms with Crippen molar-refractivity contribution in [3.05, 3.63) is 11.7 Å². The molecule has 0 N–H and O–H groups in total. The smallest absolute Gasteiger partial charge is 0.227 e. The lowest BCUT2D eigenvalue weighted by Crippen LogP contribution is -2.40. The normalized spacial score (nSPS) is 25.1. The molecule has 5 nitrogen and oxygen atoms in total. The molecule has 2 atom stereocenters. The topological polar surface area (TPSA) is 59.2 Å². The van der Waals surface area contributed by atoms with Crippen LogP contribution >= 0.6 is 11.8 Å². The Bertz CT molecular complexity index is 528. The zero-order valence-corrected chi connectivity index (χ0v) is 15.0. The van der Waals surface area contributed by atoms with Gasteiger partial charge in [-0.1, -0.05) is 24.4 Å². The van der Waals surface area contributed by atoms with Crippen molar-refractivity contribution in [3.8, 4) is 0 Å². The van der Waals surface area contributed by atoms with Gasteiger partial charge in [0.25, 0.3) is 0 Å².